The third-order valence-corrected chi connectivity index (χ3v) is 11.9. The molecule has 4 aliphatic carbocycles. The van der Waals surface area contributed by atoms with E-state index < -0.39 is 5.60 Å². The quantitative estimate of drug-likeness (QED) is 0.348. The average Bonchev–Trinajstić information content (AvgIpc) is 3.22. The Kier molecular flexibility index (Phi) is 7.50. The molecule has 0 amide bonds. The van der Waals surface area contributed by atoms with Crippen LogP contribution < -0.4 is 0 Å². The van der Waals surface area contributed by atoms with Crippen molar-refractivity contribution in [1.29, 1.82) is 0 Å². The number of ether oxygens (including phenoxy) is 1. The summed E-state index contributed by atoms with van der Waals surface area (Å²) in [6.45, 7) is 5.15. The highest BCUT2D eigenvalue weighted by Crippen LogP contribution is 2.68. The minimum atomic E-state index is -1.14. The van der Waals surface area contributed by atoms with Crippen molar-refractivity contribution in [2.75, 3.05) is 13.7 Å². The summed E-state index contributed by atoms with van der Waals surface area (Å²) in [6.07, 6.45) is 13.3. The van der Waals surface area contributed by atoms with Crippen molar-refractivity contribution in [2.24, 2.45) is 40.4 Å². The van der Waals surface area contributed by atoms with E-state index in [1.165, 1.54) is 31.0 Å². The predicted molar refractivity (Wildman–Crippen MR) is 144 cm³/mol. The molecule has 5 heteroatoms. The minimum absolute atomic E-state index is 0.0474. The van der Waals surface area contributed by atoms with E-state index in [1.807, 2.05) is 30.3 Å². The average molecular weight is 513 g/mol. The van der Waals surface area contributed by atoms with Crippen molar-refractivity contribution in [2.45, 2.75) is 88.2 Å². The summed E-state index contributed by atoms with van der Waals surface area (Å²) in [4.78, 5) is 13.6. The van der Waals surface area contributed by atoms with Gasteiger partial charge in [0, 0.05) is 12.0 Å². The molecule has 0 radical (unpaired) electrons. The Morgan fingerprint density at radius 1 is 1.06 bits per heavy atom. The highest BCUT2D eigenvalue weighted by atomic mass is 32.2. The zero-order valence-corrected chi connectivity index (χ0v) is 23.0. The van der Waals surface area contributed by atoms with E-state index in [0.717, 1.165) is 49.3 Å². The van der Waals surface area contributed by atoms with E-state index in [9.17, 15) is 15.0 Å². The molecule has 0 aliphatic heterocycles. The topological polar surface area (TPSA) is 66.8 Å². The molecule has 198 valence electrons. The van der Waals surface area contributed by atoms with Gasteiger partial charge in [-0.3, -0.25) is 4.79 Å². The van der Waals surface area contributed by atoms with Gasteiger partial charge >= 0.3 is 0 Å². The number of hydrogen-bond donors (Lipinski definition) is 2. The number of rotatable bonds is 6. The number of thioether (sulfide) groups is 1. The molecule has 4 saturated carbocycles. The normalized spacial score (nSPS) is 41.8. The molecule has 0 bridgehead atoms. The maximum Gasteiger partial charge on any atom is 0.216 e. The maximum atomic E-state index is 12.7. The standard InChI is InChI=1S/C31H44O4S/c1-29-16-13-22(32)19-21(29)9-10-24-25-11-12-27(30(25,2)17-14-26(24)29)31(34,20-35-3)18-15-28(33)36-23-7-5-4-6-8-23/h4-8,15,18,21-22,24-27,32,34H,9-14,16-17,19-20H2,1-3H3/b18-15+/t21-,22+,24+,25+,26+,27+,29+,30+,31-/m1/s1. The zero-order chi connectivity index (χ0) is 25.6. The minimum Gasteiger partial charge on any atom is -0.393 e. The lowest BCUT2D eigenvalue weighted by Gasteiger charge is -2.61. The molecule has 4 aliphatic rings. The first-order chi connectivity index (χ1) is 17.2. The van der Waals surface area contributed by atoms with Crippen LogP contribution in [0.4, 0.5) is 0 Å². The van der Waals surface area contributed by atoms with Gasteiger partial charge in [0.2, 0.25) is 5.12 Å². The van der Waals surface area contributed by atoms with Crippen LogP contribution in [0.25, 0.3) is 0 Å². The third-order valence-electron chi connectivity index (χ3n) is 11.1. The van der Waals surface area contributed by atoms with Crippen LogP contribution in [0, 0.1) is 40.4 Å². The molecule has 0 unspecified atom stereocenters. The summed E-state index contributed by atoms with van der Waals surface area (Å²) in [5.74, 6) is 2.79. The van der Waals surface area contributed by atoms with Crippen LogP contribution in [0.2, 0.25) is 0 Å². The molecule has 0 aromatic heterocycles. The SMILES string of the molecule is COC[C@](O)(/C=C/C(=O)Sc1ccccc1)[C@H]1CC[C@H]2[C@@H]3CC[C@@H]4C[C@@H](O)CC[C@]4(C)[C@H]3CC[C@@]21C. The molecule has 1 aromatic rings. The molecule has 2 N–H and O–H groups in total. The van der Waals surface area contributed by atoms with Crippen LogP contribution in [0.15, 0.2) is 47.4 Å². The Bertz CT molecular complexity index is 965. The van der Waals surface area contributed by atoms with Gasteiger partial charge in [0.1, 0.15) is 5.60 Å². The van der Waals surface area contributed by atoms with E-state index in [4.69, 9.17) is 4.74 Å². The van der Waals surface area contributed by atoms with Crippen molar-refractivity contribution in [1.82, 2.24) is 0 Å². The van der Waals surface area contributed by atoms with Gasteiger partial charge in [-0.25, -0.2) is 0 Å². The van der Waals surface area contributed by atoms with Crippen LogP contribution in [0.3, 0.4) is 0 Å². The number of benzene rings is 1. The molecule has 0 spiro atoms. The monoisotopic (exact) mass is 512 g/mol. The summed E-state index contributed by atoms with van der Waals surface area (Å²) in [5.41, 5.74) is -0.745. The summed E-state index contributed by atoms with van der Waals surface area (Å²) in [6, 6.07) is 9.67. The first-order valence-corrected chi connectivity index (χ1v) is 14.9. The van der Waals surface area contributed by atoms with E-state index in [1.54, 1.807) is 19.3 Å². The summed E-state index contributed by atoms with van der Waals surface area (Å²) in [7, 11) is 1.64. The number of carbonyl (C=O) groups excluding carboxylic acids is 1. The lowest BCUT2D eigenvalue weighted by atomic mass is 9.44. The maximum absolute atomic E-state index is 12.7. The van der Waals surface area contributed by atoms with Crippen molar-refractivity contribution in [3.05, 3.63) is 42.5 Å². The van der Waals surface area contributed by atoms with Gasteiger partial charge in [-0.05, 0) is 134 Å². The summed E-state index contributed by atoms with van der Waals surface area (Å²) in [5, 5.41) is 22.3. The number of carbonyl (C=O) groups is 1. The molecule has 0 heterocycles. The highest BCUT2D eigenvalue weighted by Gasteiger charge is 2.62. The first kappa shape index (κ1) is 26.5. The third kappa shape index (κ3) is 4.63. The van der Waals surface area contributed by atoms with Crippen LogP contribution >= 0.6 is 11.8 Å². The van der Waals surface area contributed by atoms with Gasteiger partial charge < -0.3 is 14.9 Å². The largest absolute Gasteiger partial charge is 0.393 e. The number of hydrogen-bond acceptors (Lipinski definition) is 5. The number of aliphatic hydroxyl groups excluding tert-OH is 1. The van der Waals surface area contributed by atoms with E-state index >= 15 is 0 Å². The van der Waals surface area contributed by atoms with Crippen LogP contribution in [-0.2, 0) is 9.53 Å². The van der Waals surface area contributed by atoms with E-state index in [0.29, 0.717) is 23.2 Å². The molecular formula is C31H44O4S. The summed E-state index contributed by atoms with van der Waals surface area (Å²) >= 11 is 1.20. The van der Waals surface area contributed by atoms with Gasteiger partial charge in [0.25, 0.3) is 0 Å². The van der Waals surface area contributed by atoms with Gasteiger partial charge in [0.15, 0.2) is 0 Å². The molecule has 1 aromatic carbocycles. The second-order valence-electron chi connectivity index (χ2n) is 12.8. The number of aliphatic hydroxyl groups is 2. The van der Waals surface area contributed by atoms with Gasteiger partial charge in [-0.2, -0.15) is 0 Å². The molecule has 36 heavy (non-hydrogen) atoms. The van der Waals surface area contributed by atoms with Gasteiger partial charge in [-0.15, -0.1) is 0 Å². The molecule has 0 saturated heterocycles. The second kappa shape index (κ2) is 10.2. The Hall–Kier alpha value is -1.14. The van der Waals surface area contributed by atoms with Crippen molar-refractivity contribution in [3.8, 4) is 0 Å². The fourth-order valence-corrected chi connectivity index (χ4v) is 10.1. The Labute approximate surface area is 221 Å². The Balaban J connectivity index is 1.35. The van der Waals surface area contributed by atoms with Crippen LogP contribution in [-0.4, -0.2) is 40.8 Å². The van der Waals surface area contributed by atoms with Crippen LogP contribution in [0.1, 0.15) is 71.6 Å². The summed E-state index contributed by atoms with van der Waals surface area (Å²) < 4.78 is 5.56. The Morgan fingerprint density at radius 3 is 2.53 bits per heavy atom. The lowest BCUT2D eigenvalue weighted by molar-refractivity contribution is -0.145. The fraction of sp³-hybridized carbons (Fsp3) is 0.710. The van der Waals surface area contributed by atoms with E-state index in [-0.39, 0.29) is 29.2 Å². The van der Waals surface area contributed by atoms with Gasteiger partial charge in [-0.1, -0.05) is 32.0 Å². The van der Waals surface area contributed by atoms with Gasteiger partial charge in [0.05, 0.1) is 12.7 Å². The number of methoxy groups -OCH3 is 1. The molecular weight excluding hydrogens is 468 g/mol. The first-order valence-electron chi connectivity index (χ1n) is 14.0. The Morgan fingerprint density at radius 2 is 1.78 bits per heavy atom. The second-order valence-corrected chi connectivity index (χ2v) is 13.8. The molecule has 5 rings (SSSR count). The fourth-order valence-electron chi connectivity index (χ4n) is 9.40. The highest BCUT2D eigenvalue weighted by molar-refractivity contribution is 8.14. The van der Waals surface area contributed by atoms with Crippen molar-refractivity contribution >= 4 is 16.9 Å². The van der Waals surface area contributed by atoms with E-state index in [2.05, 4.69) is 13.8 Å². The van der Waals surface area contributed by atoms with Crippen molar-refractivity contribution < 1.29 is 19.7 Å². The molecule has 9 atom stereocenters. The lowest BCUT2D eigenvalue weighted by Crippen LogP contribution is -2.56. The van der Waals surface area contributed by atoms with Crippen molar-refractivity contribution in [3.63, 3.8) is 0 Å². The smallest absolute Gasteiger partial charge is 0.216 e. The van der Waals surface area contributed by atoms with Crippen LogP contribution in [0.5, 0.6) is 0 Å². The molecule has 4 nitrogen and oxygen atoms in total. The molecule has 4 fully saturated rings. The number of fused-ring (bicyclic) bond motifs is 5. The zero-order valence-electron chi connectivity index (χ0n) is 22.2. The predicted octanol–water partition coefficient (Wildman–Crippen LogP) is 6.26.